The fraction of sp³-hybridized carbons (Fsp3) is 0.250. The molecule has 0 saturated heterocycles. The van der Waals surface area contributed by atoms with Gasteiger partial charge in [-0.2, -0.15) is 5.10 Å². The van der Waals surface area contributed by atoms with Gasteiger partial charge in [0.15, 0.2) is 0 Å². The Balaban J connectivity index is 2.19. The summed E-state index contributed by atoms with van der Waals surface area (Å²) in [7, 11) is 1.90. The molecule has 1 aromatic carbocycles. The molecule has 2 aromatic rings. The summed E-state index contributed by atoms with van der Waals surface area (Å²) >= 11 is 8.27. The van der Waals surface area contributed by atoms with Crippen molar-refractivity contribution in [3.63, 3.8) is 0 Å². The van der Waals surface area contributed by atoms with E-state index in [4.69, 9.17) is 17.3 Å². The molecular formula is C12H13ClIN3. The summed E-state index contributed by atoms with van der Waals surface area (Å²) < 4.78 is 2.92. The Labute approximate surface area is 119 Å². The SMILES string of the molecule is Cn1cc(CC(N)c2cc(Cl)ccc2I)cn1. The zero-order chi connectivity index (χ0) is 12.4. The van der Waals surface area contributed by atoms with E-state index in [1.54, 1.807) is 4.68 Å². The molecule has 0 radical (unpaired) electrons. The van der Waals surface area contributed by atoms with Crippen molar-refractivity contribution in [1.82, 2.24) is 9.78 Å². The van der Waals surface area contributed by atoms with E-state index in [-0.39, 0.29) is 6.04 Å². The third-order valence-electron chi connectivity index (χ3n) is 2.57. The van der Waals surface area contributed by atoms with Crippen LogP contribution < -0.4 is 5.73 Å². The molecule has 0 amide bonds. The number of benzene rings is 1. The lowest BCUT2D eigenvalue weighted by Gasteiger charge is -2.13. The summed E-state index contributed by atoms with van der Waals surface area (Å²) in [5.41, 5.74) is 8.43. The molecule has 0 aliphatic carbocycles. The number of aromatic nitrogens is 2. The maximum Gasteiger partial charge on any atom is 0.0522 e. The van der Waals surface area contributed by atoms with Crippen molar-refractivity contribution in [3.05, 3.63) is 50.3 Å². The molecule has 2 N–H and O–H groups in total. The van der Waals surface area contributed by atoms with Gasteiger partial charge in [-0.05, 0) is 58.3 Å². The molecule has 0 saturated carbocycles. The number of nitrogens with zero attached hydrogens (tertiary/aromatic N) is 2. The van der Waals surface area contributed by atoms with Gasteiger partial charge in [0.05, 0.1) is 6.20 Å². The summed E-state index contributed by atoms with van der Waals surface area (Å²) in [6, 6.07) is 5.75. The van der Waals surface area contributed by atoms with Crippen molar-refractivity contribution in [2.24, 2.45) is 12.8 Å². The molecule has 17 heavy (non-hydrogen) atoms. The number of aryl methyl sites for hydroxylation is 1. The van der Waals surface area contributed by atoms with Crippen LogP contribution in [0.2, 0.25) is 5.02 Å². The molecule has 1 heterocycles. The van der Waals surface area contributed by atoms with Crippen LogP contribution in [0.5, 0.6) is 0 Å². The molecule has 5 heteroatoms. The molecule has 3 nitrogen and oxygen atoms in total. The second kappa shape index (κ2) is 5.37. The summed E-state index contributed by atoms with van der Waals surface area (Å²) in [5.74, 6) is 0. The van der Waals surface area contributed by atoms with Gasteiger partial charge in [0.2, 0.25) is 0 Å². The van der Waals surface area contributed by atoms with E-state index in [2.05, 4.69) is 27.7 Å². The van der Waals surface area contributed by atoms with Crippen LogP contribution in [0.25, 0.3) is 0 Å². The van der Waals surface area contributed by atoms with Gasteiger partial charge in [0.25, 0.3) is 0 Å². The Morgan fingerprint density at radius 3 is 2.94 bits per heavy atom. The predicted octanol–water partition coefficient (Wildman–Crippen LogP) is 2.92. The number of nitrogens with two attached hydrogens (primary N) is 1. The zero-order valence-electron chi connectivity index (χ0n) is 9.40. The molecule has 1 unspecified atom stereocenters. The van der Waals surface area contributed by atoms with Gasteiger partial charge in [-0.25, -0.2) is 0 Å². The van der Waals surface area contributed by atoms with E-state index in [1.807, 2.05) is 37.6 Å². The van der Waals surface area contributed by atoms with E-state index >= 15 is 0 Å². The van der Waals surface area contributed by atoms with Crippen molar-refractivity contribution in [2.45, 2.75) is 12.5 Å². The van der Waals surface area contributed by atoms with Crippen LogP contribution in [0.15, 0.2) is 30.6 Å². The first kappa shape index (κ1) is 12.9. The van der Waals surface area contributed by atoms with Gasteiger partial charge in [0.1, 0.15) is 0 Å². The van der Waals surface area contributed by atoms with Crippen LogP contribution >= 0.6 is 34.2 Å². The van der Waals surface area contributed by atoms with E-state index < -0.39 is 0 Å². The van der Waals surface area contributed by atoms with Crippen LogP contribution in [0.1, 0.15) is 17.2 Å². The Kier molecular flexibility index (Phi) is 4.06. The molecule has 0 aliphatic heterocycles. The molecule has 1 aromatic heterocycles. The largest absolute Gasteiger partial charge is 0.324 e. The maximum atomic E-state index is 6.21. The average molecular weight is 362 g/mol. The van der Waals surface area contributed by atoms with Gasteiger partial charge in [-0.1, -0.05) is 11.6 Å². The summed E-state index contributed by atoms with van der Waals surface area (Å²) in [4.78, 5) is 0. The summed E-state index contributed by atoms with van der Waals surface area (Å²) in [6.07, 6.45) is 4.60. The Morgan fingerprint density at radius 1 is 1.53 bits per heavy atom. The fourth-order valence-electron chi connectivity index (χ4n) is 1.74. The van der Waals surface area contributed by atoms with Gasteiger partial charge >= 0.3 is 0 Å². The molecule has 0 bridgehead atoms. The van der Waals surface area contributed by atoms with E-state index in [0.717, 1.165) is 26.1 Å². The molecule has 90 valence electrons. The first-order valence-corrected chi connectivity index (χ1v) is 6.70. The number of hydrogen-bond donors (Lipinski definition) is 1. The lowest BCUT2D eigenvalue weighted by atomic mass is 10.0. The summed E-state index contributed by atoms with van der Waals surface area (Å²) in [5, 5.41) is 4.86. The van der Waals surface area contributed by atoms with Gasteiger partial charge in [0, 0.05) is 27.9 Å². The number of hydrogen-bond acceptors (Lipinski definition) is 2. The molecular weight excluding hydrogens is 349 g/mol. The van der Waals surface area contributed by atoms with E-state index in [9.17, 15) is 0 Å². The normalized spacial score (nSPS) is 12.7. The second-order valence-corrected chi connectivity index (χ2v) is 5.60. The maximum absolute atomic E-state index is 6.21. The molecule has 1 atom stereocenters. The van der Waals surface area contributed by atoms with Crippen molar-refractivity contribution >= 4 is 34.2 Å². The van der Waals surface area contributed by atoms with E-state index in [1.165, 1.54) is 0 Å². The highest BCUT2D eigenvalue weighted by Crippen LogP contribution is 2.24. The van der Waals surface area contributed by atoms with Gasteiger partial charge in [-0.3, -0.25) is 4.68 Å². The molecule has 0 fully saturated rings. The van der Waals surface area contributed by atoms with E-state index in [0.29, 0.717) is 0 Å². The fourth-order valence-corrected chi connectivity index (χ4v) is 2.66. The quantitative estimate of drug-likeness (QED) is 0.854. The average Bonchev–Trinajstić information content (AvgIpc) is 2.67. The Hall–Kier alpha value is -0.590. The van der Waals surface area contributed by atoms with Gasteiger partial charge < -0.3 is 5.73 Å². The second-order valence-electron chi connectivity index (χ2n) is 4.00. The van der Waals surface area contributed by atoms with Crippen molar-refractivity contribution < 1.29 is 0 Å². The first-order valence-electron chi connectivity index (χ1n) is 5.24. The predicted molar refractivity (Wildman–Crippen MR) is 78.0 cm³/mol. The minimum absolute atomic E-state index is 0.0511. The van der Waals surface area contributed by atoms with Crippen molar-refractivity contribution in [2.75, 3.05) is 0 Å². The lowest BCUT2D eigenvalue weighted by molar-refractivity contribution is 0.715. The monoisotopic (exact) mass is 361 g/mol. The van der Waals surface area contributed by atoms with Crippen LogP contribution in [0, 0.1) is 3.57 Å². The number of halogens is 2. The number of rotatable bonds is 3. The Morgan fingerprint density at radius 2 is 2.29 bits per heavy atom. The van der Waals surface area contributed by atoms with Crippen molar-refractivity contribution in [1.29, 1.82) is 0 Å². The Bertz CT molecular complexity index is 524. The van der Waals surface area contributed by atoms with Crippen molar-refractivity contribution in [3.8, 4) is 0 Å². The highest BCUT2D eigenvalue weighted by molar-refractivity contribution is 14.1. The van der Waals surface area contributed by atoms with Gasteiger partial charge in [-0.15, -0.1) is 0 Å². The molecule has 0 spiro atoms. The highest BCUT2D eigenvalue weighted by Gasteiger charge is 2.12. The summed E-state index contributed by atoms with van der Waals surface area (Å²) in [6.45, 7) is 0. The minimum Gasteiger partial charge on any atom is -0.324 e. The van der Waals surface area contributed by atoms with Crippen LogP contribution in [-0.4, -0.2) is 9.78 Å². The molecule has 0 aliphatic rings. The molecule has 2 rings (SSSR count). The minimum atomic E-state index is -0.0511. The topological polar surface area (TPSA) is 43.8 Å². The lowest BCUT2D eigenvalue weighted by Crippen LogP contribution is -2.14. The third-order valence-corrected chi connectivity index (χ3v) is 3.79. The van der Waals surface area contributed by atoms with Crippen LogP contribution in [-0.2, 0) is 13.5 Å². The van der Waals surface area contributed by atoms with Crippen LogP contribution in [0.4, 0.5) is 0 Å². The first-order chi connectivity index (χ1) is 8.06. The zero-order valence-corrected chi connectivity index (χ0v) is 12.3. The highest BCUT2D eigenvalue weighted by atomic mass is 127. The van der Waals surface area contributed by atoms with Crippen LogP contribution in [0.3, 0.4) is 0 Å². The third kappa shape index (κ3) is 3.20. The smallest absolute Gasteiger partial charge is 0.0522 e. The standard InChI is InChI=1S/C12H13ClIN3/c1-17-7-8(6-16-17)4-12(15)10-5-9(13)2-3-11(10)14/h2-3,5-7,12H,4,15H2,1H3.